The Morgan fingerprint density at radius 1 is 0.870 bits per heavy atom. The lowest BCUT2D eigenvalue weighted by molar-refractivity contribution is 0.0963. The van der Waals surface area contributed by atoms with Gasteiger partial charge in [0.05, 0.1) is 0 Å². The van der Waals surface area contributed by atoms with E-state index in [0.29, 0.717) is 12.3 Å². The van der Waals surface area contributed by atoms with Crippen LogP contribution in [0.4, 0.5) is 0 Å². The number of benzene rings is 2. The van der Waals surface area contributed by atoms with Gasteiger partial charge in [0.2, 0.25) is 0 Å². The second-order valence-corrected chi connectivity index (χ2v) is 6.23. The average Bonchev–Trinajstić information content (AvgIpc) is 3.00. The van der Waals surface area contributed by atoms with Gasteiger partial charge in [0.15, 0.2) is 5.78 Å². The van der Waals surface area contributed by atoms with E-state index in [1.54, 1.807) is 0 Å². The molecule has 2 heteroatoms. The molecule has 0 fully saturated rings. The third kappa shape index (κ3) is 2.72. The Bertz CT molecular complexity index is 818. The number of carbonyl (C=O) groups is 1. The SMILES string of the molecule is O=C1CC(c2ccccc2)Cc2c1ccn2Cc1ccccc1. The van der Waals surface area contributed by atoms with Crippen LogP contribution in [0.3, 0.4) is 0 Å². The minimum absolute atomic E-state index is 0.270. The first-order valence-electron chi connectivity index (χ1n) is 8.11. The summed E-state index contributed by atoms with van der Waals surface area (Å²) < 4.78 is 2.23. The van der Waals surface area contributed by atoms with Crippen LogP contribution >= 0.6 is 0 Å². The lowest BCUT2D eigenvalue weighted by Crippen LogP contribution is -2.20. The van der Waals surface area contributed by atoms with E-state index in [4.69, 9.17) is 0 Å². The molecule has 0 spiro atoms. The highest BCUT2D eigenvalue weighted by Gasteiger charge is 2.28. The zero-order valence-electron chi connectivity index (χ0n) is 13.0. The van der Waals surface area contributed by atoms with Crippen LogP contribution < -0.4 is 0 Å². The zero-order valence-corrected chi connectivity index (χ0v) is 13.0. The molecule has 114 valence electrons. The Balaban J connectivity index is 1.66. The van der Waals surface area contributed by atoms with Crippen LogP contribution in [0.1, 0.15) is 39.5 Å². The molecule has 0 saturated carbocycles. The highest BCUT2D eigenvalue weighted by molar-refractivity contribution is 5.99. The van der Waals surface area contributed by atoms with Gasteiger partial charge in [-0.15, -0.1) is 0 Å². The van der Waals surface area contributed by atoms with Gasteiger partial charge in [0, 0.05) is 30.4 Å². The fourth-order valence-corrected chi connectivity index (χ4v) is 3.51. The average molecular weight is 301 g/mol. The minimum Gasteiger partial charge on any atom is -0.346 e. The molecule has 0 N–H and O–H groups in total. The third-order valence-corrected chi connectivity index (χ3v) is 4.72. The van der Waals surface area contributed by atoms with Gasteiger partial charge in [-0.25, -0.2) is 0 Å². The molecule has 2 aromatic carbocycles. The van der Waals surface area contributed by atoms with Crippen molar-refractivity contribution in [2.24, 2.45) is 0 Å². The normalized spacial score (nSPS) is 17.0. The van der Waals surface area contributed by atoms with Crippen LogP contribution in [0.15, 0.2) is 72.9 Å². The molecule has 1 heterocycles. The van der Waals surface area contributed by atoms with Crippen molar-refractivity contribution in [2.45, 2.75) is 25.3 Å². The van der Waals surface area contributed by atoms with E-state index in [2.05, 4.69) is 59.3 Å². The Morgan fingerprint density at radius 3 is 2.30 bits per heavy atom. The predicted molar refractivity (Wildman–Crippen MR) is 91.8 cm³/mol. The van der Waals surface area contributed by atoms with E-state index in [9.17, 15) is 4.79 Å². The Morgan fingerprint density at radius 2 is 1.57 bits per heavy atom. The summed E-state index contributed by atoms with van der Waals surface area (Å²) in [7, 11) is 0. The maximum atomic E-state index is 12.5. The van der Waals surface area contributed by atoms with E-state index >= 15 is 0 Å². The molecule has 0 amide bonds. The fraction of sp³-hybridized carbons (Fsp3) is 0.190. The summed E-state index contributed by atoms with van der Waals surface area (Å²) >= 11 is 0. The molecular formula is C21H19NO. The maximum Gasteiger partial charge on any atom is 0.165 e. The fourth-order valence-electron chi connectivity index (χ4n) is 3.51. The van der Waals surface area contributed by atoms with Gasteiger partial charge >= 0.3 is 0 Å². The highest BCUT2D eigenvalue weighted by Crippen LogP contribution is 2.33. The van der Waals surface area contributed by atoms with E-state index in [1.807, 2.05) is 18.2 Å². The summed E-state index contributed by atoms with van der Waals surface area (Å²) in [4.78, 5) is 12.5. The van der Waals surface area contributed by atoms with Gasteiger partial charge in [-0.1, -0.05) is 60.7 Å². The molecule has 0 radical (unpaired) electrons. The minimum atomic E-state index is 0.270. The molecule has 1 unspecified atom stereocenters. The smallest absolute Gasteiger partial charge is 0.165 e. The van der Waals surface area contributed by atoms with E-state index in [-0.39, 0.29) is 5.78 Å². The number of rotatable bonds is 3. The molecule has 2 nitrogen and oxygen atoms in total. The van der Waals surface area contributed by atoms with Crippen LogP contribution in [0, 0.1) is 0 Å². The summed E-state index contributed by atoms with van der Waals surface area (Å²) in [5, 5.41) is 0. The summed E-state index contributed by atoms with van der Waals surface area (Å²) in [6.07, 6.45) is 3.61. The number of Topliss-reactive ketones (excluding diaryl/α,β-unsaturated/α-hetero) is 1. The van der Waals surface area contributed by atoms with Crippen LogP contribution in [0.2, 0.25) is 0 Å². The second-order valence-electron chi connectivity index (χ2n) is 6.23. The molecule has 3 aromatic rings. The van der Waals surface area contributed by atoms with E-state index in [1.165, 1.54) is 16.8 Å². The highest BCUT2D eigenvalue weighted by atomic mass is 16.1. The quantitative estimate of drug-likeness (QED) is 0.700. The van der Waals surface area contributed by atoms with Crippen molar-refractivity contribution in [3.05, 3.63) is 95.3 Å². The van der Waals surface area contributed by atoms with Gasteiger partial charge in [0.1, 0.15) is 0 Å². The molecule has 1 aromatic heterocycles. The van der Waals surface area contributed by atoms with Crippen LogP contribution in [-0.4, -0.2) is 10.4 Å². The number of ketones is 1. The Labute approximate surface area is 136 Å². The number of aromatic nitrogens is 1. The molecule has 0 bridgehead atoms. The first-order valence-corrected chi connectivity index (χ1v) is 8.11. The zero-order chi connectivity index (χ0) is 15.6. The van der Waals surface area contributed by atoms with Crippen molar-refractivity contribution < 1.29 is 4.79 Å². The lowest BCUT2D eigenvalue weighted by atomic mass is 9.82. The second kappa shape index (κ2) is 5.88. The first-order chi connectivity index (χ1) is 11.3. The third-order valence-electron chi connectivity index (χ3n) is 4.72. The predicted octanol–water partition coefficient (Wildman–Crippen LogP) is 4.45. The monoisotopic (exact) mass is 301 g/mol. The summed E-state index contributed by atoms with van der Waals surface area (Å²) in [6.45, 7) is 0.824. The number of nitrogens with zero attached hydrogens (tertiary/aromatic N) is 1. The van der Waals surface area contributed by atoms with Crippen molar-refractivity contribution in [1.82, 2.24) is 4.57 Å². The molecule has 1 aliphatic rings. The Hall–Kier alpha value is -2.61. The molecular weight excluding hydrogens is 282 g/mol. The molecule has 0 aliphatic heterocycles. The van der Waals surface area contributed by atoms with Crippen molar-refractivity contribution in [2.75, 3.05) is 0 Å². The largest absolute Gasteiger partial charge is 0.346 e. The molecule has 1 atom stereocenters. The lowest BCUT2D eigenvalue weighted by Gasteiger charge is -2.24. The van der Waals surface area contributed by atoms with Crippen LogP contribution in [0.25, 0.3) is 0 Å². The molecule has 4 rings (SSSR count). The van der Waals surface area contributed by atoms with Gasteiger partial charge < -0.3 is 4.57 Å². The number of carbonyl (C=O) groups excluding carboxylic acids is 1. The number of fused-ring (bicyclic) bond motifs is 1. The van der Waals surface area contributed by atoms with Gasteiger partial charge in [-0.05, 0) is 29.5 Å². The molecule has 23 heavy (non-hydrogen) atoms. The van der Waals surface area contributed by atoms with Crippen LogP contribution in [-0.2, 0) is 13.0 Å². The number of hydrogen-bond acceptors (Lipinski definition) is 1. The van der Waals surface area contributed by atoms with Crippen molar-refractivity contribution in [3.8, 4) is 0 Å². The van der Waals surface area contributed by atoms with Crippen molar-refractivity contribution in [1.29, 1.82) is 0 Å². The van der Waals surface area contributed by atoms with Crippen LogP contribution in [0.5, 0.6) is 0 Å². The van der Waals surface area contributed by atoms with E-state index < -0.39 is 0 Å². The molecule has 1 aliphatic carbocycles. The van der Waals surface area contributed by atoms with Gasteiger partial charge in [-0.3, -0.25) is 4.79 Å². The van der Waals surface area contributed by atoms with Crippen molar-refractivity contribution in [3.63, 3.8) is 0 Å². The summed E-state index contributed by atoms with van der Waals surface area (Å²) in [5.41, 5.74) is 4.62. The summed E-state index contributed by atoms with van der Waals surface area (Å²) in [6, 6.07) is 22.8. The topological polar surface area (TPSA) is 22.0 Å². The van der Waals surface area contributed by atoms with Gasteiger partial charge in [0.25, 0.3) is 0 Å². The molecule has 0 saturated heterocycles. The first kappa shape index (κ1) is 14.0. The maximum absolute atomic E-state index is 12.5. The standard InChI is InChI=1S/C21H19NO/c23-21-14-18(17-9-5-2-6-10-17)13-20-19(21)11-12-22(20)15-16-7-3-1-4-8-16/h1-12,18H,13-15H2. The van der Waals surface area contributed by atoms with E-state index in [0.717, 1.165) is 18.5 Å². The number of hydrogen-bond donors (Lipinski definition) is 0. The van der Waals surface area contributed by atoms with Crippen molar-refractivity contribution >= 4 is 5.78 Å². The van der Waals surface area contributed by atoms with Gasteiger partial charge in [-0.2, -0.15) is 0 Å². The Kier molecular flexibility index (Phi) is 3.58. The summed E-state index contributed by atoms with van der Waals surface area (Å²) in [5.74, 6) is 0.563.